The van der Waals surface area contributed by atoms with E-state index in [2.05, 4.69) is 36.4 Å². The molecule has 0 atom stereocenters. The molecule has 40 heavy (non-hydrogen) atoms. The fourth-order valence-electron chi connectivity index (χ4n) is 5.00. The molecule has 0 saturated carbocycles. The Morgan fingerprint density at radius 1 is 0.400 bits per heavy atom. The summed E-state index contributed by atoms with van der Waals surface area (Å²) in [4.78, 5) is 25.9. The molecule has 0 amide bonds. The van der Waals surface area contributed by atoms with Crippen LogP contribution in [0.25, 0.3) is 0 Å². The molecule has 0 spiro atoms. The molecular formula is C38H34O2. The first kappa shape index (κ1) is 27.0. The van der Waals surface area contributed by atoms with E-state index in [-0.39, 0.29) is 11.6 Å². The van der Waals surface area contributed by atoms with Gasteiger partial charge in [0.25, 0.3) is 0 Å². The van der Waals surface area contributed by atoms with Crippen LogP contribution in [-0.2, 0) is 25.7 Å². The number of carbonyl (C=O) groups is 2. The number of carbonyl (C=O) groups excluding carboxylic acids is 2. The maximum absolute atomic E-state index is 12.9. The van der Waals surface area contributed by atoms with Crippen LogP contribution in [0.15, 0.2) is 121 Å². The lowest BCUT2D eigenvalue weighted by Gasteiger charge is -2.09. The number of ketones is 2. The van der Waals surface area contributed by atoms with Gasteiger partial charge >= 0.3 is 0 Å². The molecule has 0 radical (unpaired) electrons. The van der Waals surface area contributed by atoms with E-state index in [4.69, 9.17) is 0 Å². The molecule has 0 bridgehead atoms. The van der Waals surface area contributed by atoms with Crippen LogP contribution in [0.5, 0.6) is 0 Å². The van der Waals surface area contributed by atoms with Crippen LogP contribution in [0.2, 0.25) is 0 Å². The van der Waals surface area contributed by atoms with Gasteiger partial charge in [-0.15, -0.1) is 0 Å². The van der Waals surface area contributed by atoms with Crippen LogP contribution < -0.4 is 0 Å². The molecule has 0 heterocycles. The second-order valence-electron chi connectivity index (χ2n) is 10.6. The van der Waals surface area contributed by atoms with Crippen LogP contribution in [0, 0.1) is 13.8 Å². The van der Waals surface area contributed by atoms with Gasteiger partial charge in [0.05, 0.1) is 0 Å². The summed E-state index contributed by atoms with van der Waals surface area (Å²) in [7, 11) is 0. The predicted octanol–water partition coefficient (Wildman–Crippen LogP) is 8.34. The van der Waals surface area contributed by atoms with Crippen molar-refractivity contribution >= 4 is 11.6 Å². The first-order chi connectivity index (χ1) is 19.4. The van der Waals surface area contributed by atoms with Crippen LogP contribution in [0.1, 0.15) is 65.2 Å². The molecular weight excluding hydrogens is 488 g/mol. The Balaban J connectivity index is 1.19. The van der Waals surface area contributed by atoms with Crippen LogP contribution in [-0.4, -0.2) is 11.6 Å². The summed E-state index contributed by atoms with van der Waals surface area (Å²) in [5, 5.41) is 0. The minimum atomic E-state index is 0.0634. The standard InChI is InChI=1S/C38H34O2/c1-27-12-20-33(21-13-27)37(39)35-10-4-8-31(25-35)18-16-29-6-3-7-30(24-29)17-19-32-9-5-11-36(26-32)38(40)34-22-14-28(2)15-23-34/h3-15,20-26H,16-19H2,1-2H3. The Morgan fingerprint density at radius 3 is 1.10 bits per heavy atom. The predicted molar refractivity (Wildman–Crippen MR) is 163 cm³/mol. The zero-order valence-electron chi connectivity index (χ0n) is 23.2. The fraction of sp³-hybridized carbons (Fsp3) is 0.158. The van der Waals surface area contributed by atoms with Gasteiger partial charge in [0.1, 0.15) is 0 Å². The van der Waals surface area contributed by atoms with Crippen molar-refractivity contribution in [3.05, 3.63) is 177 Å². The highest BCUT2D eigenvalue weighted by molar-refractivity contribution is 6.09. The molecule has 5 aromatic carbocycles. The summed E-state index contributed by atoms with van der Waals surface area (Å²) in [6, 6.07) is 40.2. The minimum Gasteiger partial charge on any atom is -0.289 e. The van der Waals surface area contributed by atoms with Crippen molar-refractivity contribution in [3.63, 3.8) is 0 Å². The van der Waals surface area contributed by atoms with E-state index >= 15 is 0 Å². The maximum Gasteiger partial charge on any atom is 0.193 e. The van der Waals surface area contributed by atoms with Gasteiger partial charge in [0.2, 0.25) is 0 Å². The first-order valence-electron chi connectivity index (χ1n) is 13.9. The zero-order valence-corrected chi connectivity index (χ0v) is 23.2. The Labute approximate surface area is 237 Å². The highest BCUT2D eigenvalue weighted by atomic mass is 16.1. The second-order valence-corrected chi connectivity index (χ2v) is 10.6. The molecule has 5 aromatic rings. The lowest BCUT2D eigenvalue weighted by molar-refractivity contribution is 0.103. The Hall–Kier alpha value is -4.56. The SMILES string of the molecule is Cc1ccc(C(=O)c2cccc(CCc3cccc(CCc4cccc(C(=O)c5ccc(C)cc5)c4)c3)c2)cc1. The number of benzene rings is 5. The van der Waals surface area contributed by atoms with E-state index in [1.165, 1.54) is 22.3 Å². The van der Waals surface area contributed by atoms with E-state index in [1.807, 2.05) is 98.8 Å². The monoisotopic (exact) mass is 522 g/mol. The topological polar surface area (TPSA) is 34.1 Å². The van der Waals surface area contributed by atoms with E-state index < -0.39 is 0 Å². The Bertz CT molecular complexity index is 1510. The van der Waals surface area contributed by atoms with Gasteiger partial charge in [-0.3, -0.25) is 9.59 Å². The maximum atomic E-state index is 12.9. The van der Waals surface area contributed by atoms with Crippen molar-refractivity contribution in [1.82, 2.24) is 0 Å². The Kier molecular flexibility index (Phi) is 8.47. The summed E-state index contributed by atoms with van der Waals surface area (Å²) >= 11 is 0. The van der Waals surface area contributed by atoms with E-state index in [1.54, 1.807) is 0 Å². The van der Waals surface area contributed by atoms with E-state index in [0.717, 1.165) is 59.1 Å². The summed E-state index contributed by atoms with van der Waals surface area (Å²) in [5.74, 6) is 0.127. The molecule has 0 aliphatic rings. The fourth-order valence-corrected chi connectivity index (χ4v) is 5.00. The third kappa shape index (κ3) is 6.90. The van der Waals surface area contributed by atoms with Crippen molar-refractivity contribution < 1.29 is 9.59 Å². The van der Waals surface area contributed by atoms with Crippen molar-refractivity contribution in [2.24, 2.45) is 0 Å². The number of hydrogen-bond donors (Lipinski definition) is 0. The van der Waals surface area contributed by atoms with E-state index in [0.29, 0.717) is 0 Å². The van der Waals surface area contributed by atoms with E-state index in [9.17, 15) is 9.59 Å². The molecule has 0 saturated heterocycles. The smallest absolute Gasteiger partial charge is 0.193 e. The Morgan fingerprint density at radius 2 is 0.725 bits per heavy atom. The normalized spacial score (nSPS) is 10.8. The number of rotatable bonds is 10. The van der Waals surface area contributed by atoms with Gasteiger partial charge in [0.15, 0.2) is 11.6 Å². The van der Waals surface area contributed by atoms with Gasteiger partial charge in [-0.1, -0.05) is 120 Å². The first-order valence-corrected chi connectivity index (χ1v) is 13.9. The van der Waals surface area contributed by atoms with Crippen LogP contribution in [0.3, 0.4) is 0 Å². The summed E-state index contributed by atoms with van der Waals surface area (Å²) in [5.41, 5.74) is 10.1. The van der Waals surface area contributed by atoms with Gasteiger partial charge in [-0.05, 0) is 73.9 Å². The highest BCUT2D eigenvalue weighted by Crippen LogP contribution is 2.18. The molecule has 2 nitrogen and oxygen atoms in total. The lowest BCUT2D eigenvalue weighted by atomic mass is 9.96. The average Bonchev–Trinajstić information content (AvgIpc) is 2.99. The molecule has 198 valence electrons. The highest BCUT2D eigenvalue weighted by Gasteiger charge is 2.11. The molecule has 0 aromatic heterocycles. The largest absolute Gasteiger partial charge is 0.289 e. The summed E-state index contributed by atoms with van der Waals surface area (Å²) < 4.78 is 0. The molecule has 0 aliphatic carbocycles. The molecule has 0 fully saturated rings. The second kappa shape index (κ2) is 12.5. The summed E-state index contributed by atoms with van der Waals surface area (Å²) in [6.45, 7) is 4.05. The summed E-state index contributed by atoms with van der Waals surface area (Å²) in [6.07, 6.45) is 3.58. The minimum absolute atomic E-state index is 0.0634. The van der Waals surface area contributed by atoms with Crippen LogP contribution >= 0.6 is 0 Å². The van der Waals surface area contributed by atoms with Crippen molar-refractivity contribution in [2.45, 2.75) is 39.5 Å². The zero-order chi connectivity index (χ0) is 27.9. The average molecular weight is 523 g/mol. The molecule has 5 rings (SSSR count). The van der Waals surface area contributed by atoms with Gasteiger partial charge < -0.3 is 0 Å². The molecule has 0 unspecified atom stereocenters. The van der Waals surface area contributed by atoms with Crippen molar-refractivity contribution in [1.29, 1.82) is 0 Å². The molecule has 0 aliphatic heterocycles. The number of aryl methyl sites for hydroxylation is 6. The van der Waals surface area contributed by atoms with Crippen LogP contribution in [0.4, 0.5) is 0 Å². The quantitative estimate of drug-likeness (QED) is 0.173. The third-order valence-electron chi connectivity index (χ3n) is 7.40. The molecule has 2 heteroatoms. The van der Waals surface area contributed by atoms with Crippen molar-refractivity contribution in [2.75, 3.05) is 0 Å². The van der Waals surface area contributed by atoms with Gasteiger partial charge in [-0.2, -0.15) is 0 Å². The van der Waals surface area contributed by atoms with Crippen molar-refractivity contribution in [3.8, 4) is 0 Å². The van der Waals surface area contributed by atoms with Gasteiger partial charge in [0, 0.05) is 22.3 Å². The number of hydrogen-bond acceptors (Lipinski definition) is 2. The molecule has 0 N–H and O–H groups in total. The third-order valence-corrected chi connectivity index (χ3v) is 7.40. The lowest BCUT2D eigenvalue weighted by Crippen LogP contribution is -2.03. The van der Waals surface area contributed by atoms with Gasteiger partial charge in [-0.25, -0.2) is 0 Å².